The molecule has 110 valence electrons. The molecular formula is C14H26N2O3. The van der Waals surface area contributed by atoms with Crippen molar-refractivity contribution in [3.63, 3.8) is 0 Å². The van der Waals surface area contributed by atoms with Gasteiger partial charge in [0.25, 0.3) is 0 Å². The zero-order chi connectivity index (χ0) is 14.5. The minimum absolute atomic E-state index is 0.0997. The molecule has 19 heavy (non-hydrogen) atoms. The van der Waals surface area contributed by atoms with Crippen LogP contribution in [0.25, 0.3) is 0 Å². The van der Waals surface area contributed by atoms with Crippen LogP contribution in [0.2, 0.25) is 0 Å². The molecule has 1 atom stereocenters. The third-order valence-electron chi connectivity index (χ3n) is 4.44. The smallest absolute Gasteiger partial charge is 0.329 e. The minimum Gasteiger partial charge on any atom is -0.480 e. The molecule has 0 spiro atoms. The summed E-state index contributed by atoms with van der Waals surface area (Å²) < 4.78 is 0. The van der Waals surface area contributed by atoms with Crippen molar-refractivity contribution in [2.45, 2.75) is 70.9 Å². The van der Waals surface area contributed by atoms with E-state index < -0.39 is 11.5 Å². The molecule has 1 rings (SSSR count). The number of carboxylic acids is 1. The quantitative estimate of drug-likeness (QED) is 0.694. The predicted molar refractivity (Wildman–Crippen MR) is 74.0 cm³/mol. The monoisotopic (exact) mass is 270 g/mol. The van der Waals surface area contributed by atoms with Crippen molar-refractivity contribution in [1.29, 1.82) is 0 Å². The van der Waals surface area contributed by atoms with Crippen molar-refractivity contribution < 1.29 is 14.7 Å². The van der Waals surface area contributed by atoms with E-state index in [1.165, 1.54) is 12.8 Å². The lowest BCUT2D eigenvalue weighted by Crippen LogP contribution is -2.58. The van der Waals surface area contributed by atoms with Gasteiger partial charge in [0, 0.05) is 6.04 Å². The Hall–Kier alpha value is -1.26. The van der Waals surface area contributed by atoms with Crippen LogP contribution in [0.15, 0.2) is 0 Å². The Labute approximate surface area is 115 Å². The molecule has 5 heteroatoms. The van der Waals surface area contributed by atoms with Crippen LogP contribution >= 0.6 is 0 Å². The fraction of sp³-hybridized carbons (Fsp3) is 0.857. The third-order valence-corrected chi connectivity index (χ3v) is 4.44. The summed E-state index contributed by atoms with van der Waals surface area (Å²) in [6, 6.07) is -0.270. The SMILES string of the molecule is CCC(CC)(NC(=O)NC(C)C1CCCC1)C(=O)O. The summed E-state index contributed by atoms with van der Waals surface area (Å²) in [5, 5.41) is 14.8. The summed E-state index contributed by atoms with van der Waals surface area (Å²) in [4.78, 5) is 23.3. The van der Waals surface area contributed by atoms with E-state index in [0.29, 0.717) is 18.8 Å². The van der Waals surface area contributed by atoms with E-state index in [-0.39, 0.29) is 12.1 Å². The zero-order valence-electron chi connectivity index (χ0n) is 12.2. The molecule has 0 aliphatic heterocycles. The van der Waals surface area contributed by atoms with Gasteiger partial charge in [-0.3, -0.25) is 0 Å². The number of carboxylic acid groups (broad SMARTS) is 1. The van der Waals surface area contributed by atoms with E-state index in [0.717, 1.165) is 12.8 Å². The summed E-state index contributed by atoms with van der Waals surface area (Å²) in [7, 11) is 0. The molecule has 0 bridgehead atoms. The van der Waals surface area contributed by atoms with Crippen LogP contribution < -0.4 is 10.6 Å². The molecule has 0 radical (unpaired) electrons. The van der Waals surface area contributed by atoms with Crippen molar-refractivity contribution in [1.82, 2.24) is 10.6 Å². The van der Waals surface area contributed by atoms with Gasteiger partial charge in [0.2, 0.25) is 0 Å². The molecular weight excluding hydrogens is 244 g/mol. The Morgan fingerprint density at radius 1 is 1.26 bits per heavy atom. The number of amides is 2. The maximum absolute atomic E-state index is 12.0. The molecule has 1 aliphatic carbocycles. The average Bonchev–Trinajstić information content (AvgIpc) is 2.89. The third kappa shape index (κ3) is 3.85. The number of aliphatic carboxylic acids is 1. The number of urea groups is 1. The first-order valence-electron chi connectivity index (χ1n) is 7.27. The van der Waals surface area contributed by atoms with Gasteiger partial charge in [-0.15, -0.1) is 0 Å². The summed E-state index contributed by atoms with van der Waals surface area (Å²) >= 11 is 0. The number of nitrogens with one attached hydrogen (secondary N) is 2. The maximum atomic E-state index is 12.0. The molecule has 0 aromatic carbocycles. The summed E-state index contributed by atoms with van der Waals surface area (Å²) in [5.74, 6) is -0.450. The molecule has 1 saturated carbocycles. The highest BCUT2D eigenvalue weighted by Gasteiger charge is 2.37. The Morgan fingerprint density at radius 3 is 2.21 bits per heavy atom. The van der Waals surface area contributed by atoms with Gasteiger partial charge in [-0.1, -0.05) is 26.7 Å². The number of hydrogen-bond acceptors (Lipinski definition) is 2. The number of rotatable bonds is 6. The predicted octanol–water partition coefficient (Wildman–Crippen LogP) is 2.51. The second-order valence-electron chi connectivity index (χ2n) is 5.53. The van der Waals surface area contributed by atoms with Crippen molar-refractivity contribution in [2.75, 3.05) is 0 Å². The first kappa shape index (κ1) is 15.8. The number of carbonyl (C=O) groups is 2. The van der Waals surface area contributed by atoms with E-state index in [1.807, 2.05) is 6.92 Å². The van der Waals surface area contributed by atoms with Gasteiger partial charge in [-0.2, -0.15) is 0 Å². The van der Waals surface area contributed by atoms with Crippen molar-refractivity contribution >= 4 is 12.0 Å². The number of hydrogen-bond donors (Lipinski definition) is 3. The lowest BCUT2D eigenvalue weighted by Gasteiger charge is -2.29. The van der Waals surface area contributed by atoms with Crippen LogP contribution in [0, 0.1) is 5.92 Å². The zero-order valence-corrected chi connectivity index (χ0v) is 12.2. The Morgan fingerprint density at radius 2 is 1.79 bits per heavy atom. The fourth-order valence-electron chi connectivity index (χ4n) is 2.82. The van der Waals surface area contributed by atoms with Gasteiger partial charge < -0.3 is 15.7 Å². The van der Waals surface area contributed by atoms with Gasteiger partial charge >= 0.3 is 12.0 Å². The molecule has 0 saturated heterocycles. The Balaban J connectivity index is 2.55. The van der Waals surface area contributed by atoms with E-state index in [4.69, 9.17) is 0 Å². The van der Waals surface area contributed by atoms with Crippen LogP contribution in [-0.4, -0.2) is 28.7 Å². The van der Waals surface area contributed by atoms with Gasteiger partial charge in [0.05, 0.1) is 0 Å². The molecule has 3 N–H and O–H groups in total. The van der Waals surface area contributed by atoms with Crippen LogP contribution in [0.5, 0.6) is 0 Å². The highest BCUT2D eigenvalue weighted by Crippen LogP contribution is 2.27. The standard InChI is InChI=1S/C14H26N2O3/c1-4-14(5-2,12(17)18)16-13(19)15-10(3)11-8-6-7-9-11/h10-11H,4-9H2,1-3H3,(H,17,18)(H2,15,16,19). The Bertz CT molecular complexity index is 321. The normalized spacial score (nSPS) is 18.1. The summed E-state index contributed by atoms with van der Waals surface area (Å²) in [5.41, 5.74) is -1.15. The maximum Gasteiger partial charge on any atom is 0.329 e. The van der Waals surface area contributed by atoms with Gasteiger partial charge in [0.1, 0.15) is 5.54 Å². The molecule has 1 aliphatic rings. The van der Waals surface area contributed by atoms with Crippen molar-refractivity contribution in [2.24, 2.45) is 5.92 Å². The lowest BCUT2D eigenvalue weighted by atomic mass is 9.93. The topological polar surface area (TPSA) is 78.4 Å². The molecule has 0 heterocycles. The van der Waals surface area contributed by atoms with E-state index in [9.17, 15) is 14.7 Å². The summed E-state index contributed by atoms with van der Waals surface area (Å²) in [6.45, 7) is 5.55. The van der Waals surface area contributed by atoms with Crippen LogP contribution in [0.1, 0.15) is 59.3 Å². The Kier molecular flexibility index (Phi) is 5.63. The summed E-state index contributed by atoms with van der Waals surface area (Å²) in [6.07, 6.45) is 5.50. The molecule has 0 aromatic rings. The fourth-order valence-corrected chi connectivity index (χ4v) is 2.82. The van der Waals surface area contributed by atoms with Crippen LogP contribution in [0.3, 0.4) is 0 Å². The number of carbonyl (C=O) groups excluding carboxylic acids is 1. The van der Waals surface area contributed by atoms with Gasteiger partial charge in [-0.25, -0.2) is 9.59 Å². The molecule has 0 aromatic heterocycles. The van der Waals surface area contributed by atoms with Crippen molar-refractivity contribution in [3.05, 3.63) is 0 Å². The molecule has 1 fully saturated rings. The van der Waals surface area contributed by atoms with Crippen LogP contribution in [0.4, 0.5) is 4.79 Å². The average molecular weight is 270 g/mol. The molecule has 1 unspecified atom stereocenters. The van der Waals surface area contributed by atoms with Gasteiger partial charge in [-0.05, 0) is 38.5 Å². The van der Waals surface area contributed by atoms with E-state index >= 15 is 0 Å². The first-order valence-corrected chi connectivity index (χ1v) is 7.27. The highest BCUT2D eigenvalue weighted by atomic mass is 16.4. The molecule has 5 nitrogen and oxygen atoms in total. The van der Waals surface area contributed by atoms with E-state index in [2.05, 4.69) is 10.6 Å². The lowest BCUT2D eigenvalue weighted by molar-refractivity contribution is -0.144. The minimum atomic E-state index is -1.15. The van der Waals surface area contributed by atoms with Gasteiger partial charge in [0.15, 0.2) is 0 Å². The second kappa shape index (κ2) is 6.78. The first-order chi connectivity index (χ1) is 8.95. The van der Waals surface area contributed by atoms with Crippen molar-refractivity contribution in [3.8, 4) is 0 Å². The molecule has 2 amide bonds. The largest absolute Gasteiger partial charge is 0.480 e. The van der Waals surface area contributed by atoms with Crippen LogP contribution in [-0.2, 0) is 4.79 Å². The highest BCUT2D eigenvalue weighted by molar-refractivity contribution is 5.86. The second-order valence-corrected chi connectivity index (χ2v) is 5.53. The van der Waals surface area contributed by atoms with E-state index in [1.54, 1.807) is 13.8 Å².